The zero-order valence-electron chi connectivity index (χ0n) is 22.6. The van der Waals surface area contributed by atoms with Crippen LogP contribution in [0.4, 0.5) is 5.69 Å². The van der Waals surface area contributed by atoms with E-state index in [-0.39, 0.29) is 17.3 Å². The quantitative estimate of drug-likeness (QED) is 0.312. The smallest absolute Gasteiger partial charge is 0.264 e. The number of carbonyl (C=O) groups is 2. The van der Waals surface area contributed by atoms with Gasteiger partial charge in [0.1, 0.15) is 18.3 Å². The summed E-state index contributed by atoms with van der Waals surface area (Å²) in [6.45, 7) is 5.56. The number of hydrogen-bond donors (Lipinski definition) is 1. The van der Waals surface area contributed by atoms with Gasteiger partial charge in [-0.05, 0) is 74.4 Å². The van der Waals surface area contributed by atoms with Crippen molar-refractivity contribution in [3.05, 3.63) is 88.4 Å². The van der Waals surface area contributed by atoms with Gasteiger partial charge in [-0.3, -0.25) is 13.9 Å². The van der Waals surface area contributed by atoms with Gasteiger partial charge >= 0.3 is 0 Å². The molecule has 2 amide bonds. The summed E-state index contributed by atoms with van der Waals surface area (Å²) >= 11 is 3.45. The maximum Gasteiger partial charge on any atom is 0.264 e. The van der Waals surface area contributed by atoms with Gasteiger partial charge < -0.3 is 15.0 Å². The molecule has 0 unspecified atom stereocenters. The Bertz CT molecular complexity index is 1380. The van der Waals surface area contributed by atoms with Crippen molar-refractivity contribution in [1.29, 1.82) is 0 Å². The Morgan fingerprint density at radius 1 is 1.03 bits per heavy atom. The minimum atomic E-state index is -4.12. The Morgan fingerprint density at radius 3 is 2.28 bits per heavy atom. The predicted molar refractivity (Wildman–Crippen MR) is 156 cm³/mol. The van der Waals surface area contributed by atoms with Gasteiger partial charge in [0.2, 0.25) is 11.8 Å². The fourth-order valence-corrected chi connectivity index (χ4v) is 5.79. The van der Waals surface area contributed by atoms with Crippen LogP contribution < -0.4 is 14.4 Å². The maximum absolute atomic E-state index is 13.9. The first-order chi connectivity index (χ1) is 18.6. The lowest BCUT2D eigenvalue weighted by molar-refractivity contribution is -0.139. The molecule has 0 saturated heterocycles. The van der Waals surface area contributed by atoms with E-state index in [2.05, 4.69) is 21.2 Å². The van der Waals surface area contributed by atoms with E-state index in [1.807, 2.05) is 38.1 Å². The van der Waals surface area contributed by atoms with Gasteiger partial charge in [-0.2, -0.15) is 0 Å². The van der Waals surface area contributed by atoms with Gasteiger partial charge in [0.25, 0.3) is 10.0 Å². The highest BCUT2D eigenvalue weighted by Gasteiger charge is 2.32. The average molecular weight is 617 g/mol. The van der Waals surface area contributed by atoms with E-state index in [1.165, 1.54) is 24.1 Å². The molecule has 3 aromatic rings. The van der Waals surface area contributed by atoms with Gasteiger partial charge in [-0.1, -0.05) is 52.7 Å². The first kappa shape index (κ1) is 30.2. The average Bonchev–Trinajstić information content (AvgIpc) is 2.93. The molecule has 0 aliphatic heterocycles. The normalized spacial score (nSPS) is 11.9. The number of nitrogens with zero attached hydrogens (tertiary/aromatic N) is 2. The maximum atomic E-state index is 13.9. The van der Waals surface area contributed by atoms with Crippen LogP contribution in [-0.4, -0.2) is 51.4 Å². The summed E-state index contributed by atoms with van der Waals surface area (Å²) < 4.78 is 34.8. The molecule has 3 aromatic carbocycles. The third-order valence-electron chi connectivity index (χ3n) is 6.21. The highest BCUT2D eigenvalue weighted by Crippen LogP contribution is 2.27. The SMILES string of the molecule is CCCNC(=O)[C@H](C)N(Cc1cccc(Br)c1)C(=O)CN(c1ccc(OC)cc1)S(=O)(=O)c1ccc(C)cc1. The molecule has 0 radical (unpaired) electrons. The van der Waals surface area contributed by atoms with E-state index in [4.69, 9.17) is 4.74 Å². The Hall–Kier alpha value is -3.37. The van der Waals surface area contributed by atoms with Crippen molar-refractivity contribution >= 4 is 43.5 Å². The summed E-state index contributed by atoms with van der Waals surface area (Å²) in [5.41, 5.74) is 2.01. The van der Waals surface area contributed by atoms with Crippen LogP contribution in [0.1, 0.15) is 31.4 Å². The molecule has 0 saturated carbocycles. The molecule has 0 heterocycles. The van der Waals surface area contributed by atoms with Gasteiger partial charge in [0, 0.05) is 17.6 Å². The van der Waals surface area contributed by atoms with Gasteiger partial charge in [0.15, 0.2) is 0 Å². The number of amides is 2. The van der Waals surface area contributed by atoms with Gasteiger partial charge in [-0.25, -0.2) is 8.42 Å². The monoisotopic (exact) mass is 615 g/mol. The number of aryl methyl sites for hydroxylation is 1. The Labute approximate surface area is 239 Å². The first-order valence-corrected chi connectivity index (χ1v) is 14.8. The molecule has 0 aliphatic rings. The van der Waals surface area contributed by atoms with E-state index in [0.29, 0.717) is 18.0 Å². The molecule has 10 heteroatoms. The summed E-state index contributed by atoms with van der Waals surface area (Å²) in [6.07, 6.45) is 0.748. The number of anilines is 1. The standard InChI is InChI=1S/C29H34BrN3O5S/c1-5-17-31-29(35)22(3)32(19-23-7-6-8-24(30)18-23)28(34)20-33(25-11-13-26(38-4)14-12-25)39(36,37)27-15-9-21(2)10-16-27/h6-16,18,22H,5,17,19-20H2,1-4H3,(H,31,35)/t22-/m0/s1. The lowest BCUT2D eigenvalue weighted by Gasteiger charge is -2.32. The number of hydrogen-bond acceptors (Lipinski definition) is 5. The molecule has 39 heavy (non-hydrogen) atoms. The molecular formula is C29H34BrN3O5S. The topological polar surface area (TPSA) is 96.0 Å². The summed E-state index contributed by atoms with van der Waals surface area (Å²) in [4.78, 5) is 28.3. The second-order valence-electron chi connectivity index (χ2n) is 9.14. The Balaban J connectivity index is 2.02. The fourth-order valence-electron chi connectivity index (χ4n) is 3.93. The van der Waals surface area contributed by atoms with Crippen molar-refractivity contribution in [2.75, 3.05) is 24.5 Å². The lowest BCUT2D eigenvalue weighted by atomic mass is 10.1. The Morgan fingerprint density at radius 2 is 1.69 bits per heavy atom. The number of rotatable bonds is 12. The molecular weight excluding hydrogens is 582 g/mol. The van der Waals surface area contributed by atoms with Crippen molar-refractivity contribution in [3.63, 3.8) is 0 Å². The zero-order valence-corrected chi connectivity index (χ0v) is 25.0. The molecule has 1 N–H and O–H groups in total. The molecule has 3 rings (SSSR count). The van der Waals surface area contributed by atoms with Crippen LogP contribution in [0.15, 0.2) is 82.2 Å². The summed E-state index contributed by atoms with van der Waals surface area (Å²) in [5.74, 6) is -0.270. The third-order valence-corrected chi connectivity index (χ3v) is 8.49. The predicted octanol–water partition coefficient (Wildman–Crippen LogP) is 4.90. The van der Waals surface area contributed by atoms with Crippen LogP contribution in [0.25, 0.3) is 0 Å². The van der Waals surface area contributed by atoms with Crippen molar-refractivity contribution in [3.8, 4) is 5.75 Å². The van der Waals surface area contributed by atoms with Crippen LogP contribution in [0.5, 0.6) is 5.75 Å². The molecule has 0 bridgehead atoms. The lowest BCUT2D eigenvalue weighted by Crippen LogP contribution is -2.51. The summed E-state index contributed by atoms with van der Waals surface area (Å²) in [7, 11) is -2.60. The zero-order chi connectivity index (χ0) is 28.6. The van der Waals surface area contributed by atoms with Crippen molar-refractivity contribution in [2.24, 2.45) is 0 Å². The van der Waals surface area contributed by atoms with Crippen molar-refractivity contribution in [1.82, 2.24) is 10.2 Å². The van der Waals surface area contributed by atoms with Crippen LogP contribution in [-0.2, 0) is 26.2 Å². The molecule has 0 fully saturated rings. The third kappa shape index (κ3) is 7.83. The van der Waals surface area contributed by atoms with Crippen LogP contribution in [0.2, 0.25) is 0 Å². The largest absolute Gasteiger partial charge is 0.497 e. The number of benzene rings is 3. The molecule has 0 aliphatic carbocycles. The second-order valence-corrected chi connectivity index (χ2v) is 11.9. The number of methoxy groups -OCH3 is 1. The highest BCUT2D eigenvalue weighted by molar-refractivity contribution is 9.10. The van der Waals surface area contributed by atoms with E-state index in [0.717, 1.165) is 26.3 Å². The first-order valence-electron chi connectivity index (χ1n) is 12.6. The molecule has 208 valence electrons. The number of sulfonamides is 1. The summed E-state index contributed by atoms with van der Waals surface area (Å²) in [5, 5.41) is 2.84. The van der Waals surface area contributed by atoms with E-state index in [9.17, 15) is 18.0 Å². The van der Waals surface area contributed by atoms with Gasteiger partial charge in [0.05, 0.1) is 17.7 Å². The van der Waals surface area contributed by atoms with E-state index < -0.39 is 28.5 Å². The highest BCUT2D eigenvalue weighted by atomic mass is 79.9. The number of carbonyl (C=O) groups excluding carboxylic acids is 2. The molecule has 1 atom stereocenters. The van der Waals surface area contributed by atoms with E-state index in [1.54, 1.807) is 43.3 Å². The number of nitrogens with one attached hydrogen (secondary N) is 1. The minimum Gasteiger partial charge on any atom is -0.497 e. The fraction of sp³-hybridized carbons (Fsp3) is 0.310. The van der Waals surface area contributed by atoms with Gasteiger partial charge in [-0.15, -0.1) is 0 Å². The van der Waals surface area contributed by atoms with Crippen molar-refractivity contribution in [2.45, 2.75) is 44.7 Å². The van der Waals surface area contributed by atoms with E-state index >= 15 is 0 Å². The van der Waals surface area contributed by atoms with Crippen molar-refractivity contribution < 1.29 is 22.7 Å². The van der Waals surface area contributed by atoms with Crippen LogP contribution in [0.3, 0.4) is 0 Å². The Kier molecular flexibility index (Phi) is 10.5. The number of ether oxygens (including phenoxy) is 1. The number of halogens is 1. The second kappa shape index (κ2) is 13.6. The van der Waals surface area contributed by atoms with Crippen LogP contribution in [0, 0.1) is 6.92 Å². The summed E-state index contributed by atoms with van der Waals surface area (Å²) in [6, 6.07) is 19.5. The molecule has 0 aromatic heterocycles. The minimum absolute atomic E-state index is 0.0593. The molecule has 0 spiro atoms. The molecule has 8 nitrogen and oxygen atoms in total. The van der Waals surface area contributed by atoms with Crippen LogP contribution >= 0.6 is 15.9 Å².